The zero-order chi connectivity index (χ0) is 26.7. The van der Waals surface area contributed by atoms with E-state index in [1.807, 2.05) is 0 Å². The first-order valence-electron chi connectivity index (χ1n) is 13.4. The molecular formula is C26H46F5NO3. The maximum atomic E-state index is 13.2. The third kappa shape index (κ3) is 16.0. The van der Waals surface area contributed by atoms with Gasteiger partial charge in [-0.15, -0.1) is 0 Å². The number of nitrogens with one attached hydrogen (secondary N) is 1. The first-order chi connectivity index (χ1) is 16.4. The van der Waals surface area contributed by atoms with Gasteiger partial charge in [-0.25, -0.2) is 4.79 Å². The van der Waals surface area contributed by atoms with Gasteiger partial charge >= 0.3 is 24.0 Å². The van der Waals surface area contributed by atoms with Crippen molar-refractivity contribution >= 4 is 11.9 Å². The number of amides is 1. The Kier molecular flexibility index (Phi) is 18.0. The van der Waals surface area contributed by atoms with E-state index in [2.05, 4.69) is 6.92 Å². The molecule has 1 amide bonds. The van der Waals surface area contributed by atoms with Crippen LogP contribution in [-0.4, -0.2) is 36.6 Å². The summed E-state index contributed by atoms with van der Waals surface area (Å²) in [4.78, 5) is 23.6. The topological polar surface area (TPSA) is 55.4 Å². The second-order valence-electron chi connectivity index (χ2n) is 9.84. The van der Waals surface area contributed by atoms with Gasteiger partial charge in [0.15, 0.2) is 0 Å². The summed E-state index contributed by atoms with van der Waals surface area (Å²) in [5.41, 5.74) is 0. The van der Waals surface area contributed by atoms with E-state index in [-0.39, 0.29) is 18.9 Å². The fourth-order valence-electron chi connectivity index (χ4n) is 3.81. The van der Waals surface area contributed by atoms with E-state index in [9.17, 15) is 31.5 Å². The van der Waals surface area contributed by atoms with Crippen molar-refractivity contribution in [3.8, 4) is 0 Å². The lowest BCUT2D eigenvalue weighted by molar-refractivity contribution is -0.270. The molecule has 0 aliphatic rings. The van der Waals surface area contributed by atoms with Crippen LogP contribution < -0.4 is 5.32 Å². The van der Waals surface area contributed by atoms with Gasteiger partial charge in [0.1, 0.15) is 6.04 Å². The number of carbonyl (C=O) groups is 2. The molecule has 0 radical (unpaired) electrons. The number of hydrogen-bond acceptors (Lipinski definition) is 3. The molecule has 1 atom stereocenters. The molecular weight excluding hydrogens is 469 g/mol. The Labute approximate surface area is 208 Å². The largest absolute Gasteiger partial charge is 0.464 e. The average Bonchev–Trinajstić information content (AvgIpc) is 2.77. The smallest absolute Gasteiger partial charge is 0.463 e. The third-order valence-corrected chi connectivity index (χ3v) is 5.93. The highest BCUT2D eigenvalue weighted by atomic mass is 19.4. The molecule has 1 N–H and O–H groups in total. The maximum Gasteiger partial charge on any atom is 0.463 e. The van der Waals surface area contributed by atoms with Gasteiger partial charge in [-0.1, -0.05) is 111 Å². The molecule has 208 valence electrons. The van der Waals surface area contributed by atoms with E-state index >= 15 is 0 Å². The van der Waals surface area contributed by atoms with Crippen LogP contribution in [0, 0.1) is 5.92 Å². The molecule has 0 heterocycles. The highest BCUT2D eigenvalue weighted by Crippen LogP contribution is 2.35. The summed E-state index contributed by atoms with van der Waals surface area (Å²) in [6, 6.07) is -1.55. The average molecular weight is 516 g/mol. The zero-order valence-electron chi connectivity index (χ0n) is 21.8. The van der Waals surface area contributed by atoms with E-state index in [0.29, 0.717) is 6.42 Å². The molecule has 9 heteroatoms. The Morgan fingerprint density at radius 2 is 1.11 bits per heavy atom. The van der Waals surface area contributed by atoms with Crippen LogP contribution in [0.1, 0.15) is 124 Å². The monoisotopic (exact) mass is 515 g/mol. The molecule has 4 nitrogen and oxygen atoms in total. The van der Waals surface area contributed by atoms with Gasteiger partial charge in [-0.2, -0.15) is 22.0 Å². The van der Waals surface area contributed by atoms with Gasteiger partial charge in [0.2, 0.25) is 0 Å². The Morgan fingerprint density at radius 3 is 1.49 bits per heavy atom. The molecule has 0 saturated carbocycles. The summed E-state index contributed by atoms with van der Waals surface area (Å²) in [5.74, 6) is -9.33. The molecule has 0 aliphatic heterocycles. The van der Waals surface area contributed by atoms with Crippen LogP contribution in [0.15, 0.2) is 0 Å². The van der Waals surface area contributed by atoms with Crippen LogP contribution >= 0.6 is 0 Å². The van der Waals surface area contributed by atoms with Crippen molar-refractivity contribution < 1.29 is 36.3 Å². The van der Waals surface area contributed by atoms with Gasteiger partial charge < -0.3 is 10.1 Å². The molecule has 0 spiro atoms. The predicted octanol–water partition coefficient (Wildman–Crippen LogP) is 8.13. The molecule has 0 saturated heterocycles. The minimum absolute atomic E-state index is 0.0389. The van der Waals surface area contributed by atoms with Crippen molar-refractivity contribution in [1.29, 1.82) is 0 Å². The number of carbonyl (C=O) groups excluding carboxylic acids is 2. The van der Waals surface area contributed by atoms with Crippen LogP contribution in [0.5, 0.6) is 0 Å². The van der Waals surface area contributed by atoms with Crippen molar-refractivity contribution in [3.63, 3.8) is 0 Å². The lowest BCUT2D eigenvalue weighted by Gasteiger charge is -2.23. The van der Waals surface area contributed by atoms with Crippen molar-refractivity contribution in [2.45, 2.75) is 142 Å². The summed E-state index contributed by atoms with van der Waals surface area (Å²) in [5, 5.41) is 1.52. The molecule has 0 aromatic rings. The van der Waals surface area contributed by atoms with Gasteiger partial charge in [0.25, 0.3) is 0 Å². The number of hydrogen-bond donors (Lipinski definition) is 1. The number of alkyl halides is 5. The molecule has 0 bridgehead atoms. The van der Waals surface area contributed by atoms with E-state index in [0.717, 1.165) is 25.7 Å². The van der Waals surface area contributed by atoms with Crippen LogP contribution in [0.3, 0.4) is 0 Å². The van der Waals surface area contributed by atoms with Gasteiger partial charge in [-0.3, -0.25) is 4.79 Å². The van der Waals surface area contributed by atoms with Crippen LogP contribution in [-0.2, 0) is 14.3 Å². The maximum absolute atomic E-state index is 13.2. The zero-order valence-corrected chi connectivity index (χ0v) is 21.8. The van der Waals surface area contributed by atoms with Crippen molar-refractivity contribution in [3.05, 3.63) is 0 Å². The molecule has 0 aromatic heterocycles. The van der Waals surface area contributed by atoms with Gasteiger partial charge in [-0.05, 0) is 18.8 Å². The number of unbranched alkanes of at least 4 members (excludes halogenated alkanes) is 14. The first kappa shape index (κ1) is 33.6. The minimum Gasteiger partial charge on any atom is -0.464 e. The van der Waals surface area contributed by atoms with E-state index in [4.69, 9.17) is 4.74 Å². The van der Waals surface area contributed by atoms with Crippen molar-refractivity contribution in [2.24, 2.45) is 5.92 Å². The second kappa shape index (κ2) is 18.8. The lowest BCUT2D eigenvalue weighted by Crippen LogP contribution is -2.55. The van der Waals surface area contributed by atoms with E-state index in [1.54, 1.807) is 13.8 Å². The Balaban J connectivity index is 3.96. The number of esters is 1. The SMILES string of the molecule is CCCCCCCCCCCCCCCCCOC(=O)C(CC(C)C)NC(=O)C(F)(F)C(F)(F)F. The van der Waals surface area contributed by atoms with Gasteiger partial charge in [0, 0.05) is 0 Å². The molecule has 0 aromatic carbocycles. The lowest BCUT2D eigenvalue weighted by atomic mass is 10.0. The third-order valence-electron chi connectivity index (χ3n) is 5.93. The van der Waals surface area contributed by atoms with Crippen LogP contribution in [0.4, 0.5) is 22.0 Å². The second-order valence-corrected chi connectivity index (χ2v) is 9.84. The highest BCUT2D eigenvalue weighted by molar-refractivity contribution is 5.89. The minimum atomic E-state index is -6.03. The summed E-state index contributed by atoms with van der Waals surface area (Å²) in [6.07, 6.45) is 11.6. The molecule has 35 heavy (non-hydrogen) atoms. The highest BCUT2D eigenvalue weighted by Gasteiger charge is 2.63. The first-order valence-corrected chi connectivity index (χ1v) is 13.4. The van der Waals surface area contributed by atoms with E-state index < -0.39 is 30.0 Å². The Morgan fingerprint density at radius 1 is 0.714 bits per heavy atom. The van der Waals surface area contributed by atoms with Crippen molar-refractivity contribution in [2.75, 3.05) is 6.61 Å². The quantitative estimate of drug-likeness (QED) is 0.0954. The Hall–Kier alpha value is -1.41. The Bertz CT molecular complexity index is 568. The molecule has 0 aliphatic carbocycles. The summed E-state index contributed by atoms with van der Waals surface area (Å²) in [7, 11) is 0. The standard InChI is InChI=1S/C26H46F5NO3/c1-4-5-6-7-8-9-10-11-12-13-14-15-16-17-18-19-35-23(33)22(20-21(2)3)32-24(34)25(27,28)26(29,30)31/h21-22H,4-20H2,1-3H3,(H,32,34). The van der Waals surface area contributed by atoms with Crippen molar-refractivity contribution in [1.82, 2.24) is 5.32 Å². The van der Waals surface area contributed by atoms with Crippen LogP contribution in [0.2, 0.25) is 0 Å². The number of halogens is 5. The molecule has 1 unspecified atom stereocenters. The van der Waals surface area contributed by atoms with Gasteiger partial charge in [0.05, 0.1) is 6.61 Å². The fourth-order valence-corrected chi connectivity index (χ4v) is 3.81. The fraction of sp³-hybridized carbons (Fsp3) is 0.923. The van der Waals surface area contributed by atoms with E-state index in [1.165, 1.54) is 69.5 Å². The van der Waals surface area contributed by atoms with Crippen LogP contribution in [0.25, 0.3) is 0 Å². The predicted molar refractivity (Wildman–Crippen MR) is 128 cm³/mol. The summed E-state index contributed by atoms with van der Waals surface area (Å²) >= 11 is 0. The summed E-state index contributed by atoms with van der Waals surface area (Å²) < 4.78 is 68.6. The molecule has 0 rings (SSSR count). The number of ether oxygens (including phenoxy) is 1. The summed E-state index contributed by atoms with van der Waals surface area (Å²) in [6.45, 7) is 5.58. The normalized spacial score (nSPS) is 13.2. The number of rotatable bonds is 21. The molecule has 0 fully saturated rings.